The lowest BCUT2D eigenvalue weighted by atomic mass is 9.98. The lowest BCUT2D eigenvalue weighted by molar-refractivity contribution is -0.137. The summed E-state index contributed by atoms with van der Waals surface area (Å²) in [6.45, 7) is 3.21. The van der Waals surface area contributed by atoms with Gasteiger partial charge in [0, 0.05) is 13.1 Å². The number of hydrogen-bond acceptors (Lipinski definition) is 1. The highest BCUT2D eigenvalue weighted by Crippen LogP contribution is 2.29. The Labute approximate surface area is 126 Å². The number of carbonyl (C=O) groups excluding carboxylic acids is 1. The van der Waals surface area contributed by atoms with E-state index in [0.717, 1.165) is 18.6 Å². The predicted octanol–water partition coefficient (Wildman–Crippen LogP) is 3.72. The molecule has 1 saturated heterocycles. The second-order valence-electron chi connectivity index (χ2n) is 5.49. The van der Waals surface area contributed by atoms with E-state index in [4.69, 9.17) is 11.6 Å². The zero-order valence-corrected chi connectivity index (χ0v) is 12.4. The van der Waals surface area contributed by atoms with Gasteiger partial charge in [0.15, 0.2) is 0 Å². The average Bonchev–Trinajstić information content (AvgIpc) is 2.41. The monoisotopic (exact) mass is 319 g/mol. The number of halogens is 4. The van der Waals surface area contributed by atoms with Crippen LogP contribution in [0.1, 0.15) is 24.5 Å². The van der Waals surface area contributed by atoms with Crippen LogP contribution in [0.2, 0.25) is 0 Å². The maximum absolute atomic E-state index is 12.5. The van der Waals surface area contributed by atoms with Crippen molar-refractivity contribution in [2.24, 2.45) is 5.92 Å². The Morgan fingerprint density at radius 3 is 2.48 bits per heavy atom. The van der Waals surface area contributed by atoms with Crippen molar-refractivity contribution in [1.29, 1.82) is 0 Å². The summed E-state index contributed by atoms with van der Waals surface area (Å²) in [5, 5.41) is -0.0599. The quantitative estimate of drug-likeness (QED) is 0.761. The van der Waals surface area contributed by atoms with E-state index in [1.165, 1.54) is 12.1 Å². The fraction of sp³-hybridized carbons (Fsp3) is 0.533. The van der Waals surface area contributed by atoms with Crippen molar-refractivity contribution in [3.05, 3.63) is 35.4 Å². The van der Waals surface area contributed by atoms with Crippen molar-refractivity contribution < 1.29 is 18.0 Å². The molecule has 1 heterocycles. The van der Waals surface area contributed by atoms with Crippen molar-refractivity contribution in [1.82, 2.24) is 4.90 Å². The molecular weight excluding hydrogens is 303 g/mol. The molecule has 1 aromatic rings. The predicted molar refractivity (Wildman–Crippen MR) is 75.2 cm³/mol. The molecule has 0 aromatic heterocycles. The van der Waals surface area contributed by atoms with Gasteiger partial charge in [0.05, 0.1) is 17.4 Å². The van der Waals surface area contributed by atoms with Gasteiger partial charge in [0.1, 0.15) is 0 Å². The van der Waals surface area contributed by atoms with E-state index < -0.39 is 11.7 Å². The lowest BCUT2D eigenvalue weighted by Gasteiger charge is -2.34. The highest BCUT2D eigenvalue weighted by molar-refractivity contribution is 6.21. The fourth-order valence-corrected chi connectivity index (χ4v) is 2.64. The van der Waals surface area contributed by atoms with Crippen LogP contribution in [0.15, 0.2) is 24.3 Å². The summed E-state index contributed by atoms with van der Waals surface area (Å²) in [5.41, 5.74) is -0.121. The molecule has 1 aromatic carbocycles. The summed E-state index contributed by atoms with van der Waals surface area (Å²) in [7, 11) is 0. The topological polar surface area (TPSA) is 20.3 Å². The Morgan fingerprint density at radius 2 is 1.95 bits per heavy atom. The van der Waals surface area contributed by atoms with E-state index in [2.05, 4.69) is 6.92 Å². The first-order valence-electron chi connectivity index (χ1n) is 6.85. The summed E-state index contributed by atoms with van der Waals surface area (Å²) in [4.78, 5) is 13.8. The molecular formula is C15H17ClF3NO. The van der Waals surface area contributed by atoms with Crippen LogP contribution < -0.4 is 0 Å². The molecule has 0 spiro atoms. The third-order valence-corrected chi connectivity index (χ3v) is 4.42. The average molecular weight is 320 g/mol. The number of amides is 1. The smallest absolute Gasteiger partial charge is 0.341 e. The van der Waals surface area contributed by atoms with Gasteiger partial charge in [-0.3, -0.25) is 4.79 Å². The van der Waals surface area contributed by atoms with Gasteiger partial charge in [-0.1, -0.05) is 19.1 Å². The van der Waals surface area contributed by atoms with Gasteiger partial charge >= 0.3 is 6.18 Å². The molecule has 1 aliphatic heterocycles. The summed E-state index contributed by atoms with van der Waals surface area (Å²) in [5.74, 6) is 0.286. The minimum atomic E-state index is -4.35. The molecule has 2 unspecified atom stereocenters. The molecule has 6 heteroatoms. The van der Waals surface area contributed by atoms with Crippen molar-refractivity contribution >= 4 is 17.5 Å². The number of hydrogen-bond donors (Lipinski definition) is 0. The van der Waals surface area contributed by atoms with E-state index in [1.54, 1.807) is 4.90 Å². The van der Waals surface area contributed by atoms with Gasteiger partial charge in [-0.05, 0) is 30.0 Å². The zero-order valence-electron chi connectivity index (χ0n) is 11.7. The molecule has 0 bridgehead atoms. The minimum absolute atomic E-state index is 0.0599. The molecule has 1 aliphatic rings. The highest BCUT2D eigenvalue weighted by atomic mass is 35.5. The van der Waals surface area contributed by atoms with Crippen LogP contribution in [0.25, 0.3) is 0 Å². The molecule has 2 rings (SSSR count). The van der Waals surface area contributed by atoms with E-state index in [-0.39, 0.29) is 17.7 Å². The zero-order chi connectivity index (χ0) is 15.6. The van der Waals surface area contributed by atoms with Crippen molar-refractivity contribution in [3.8, 4) is 0 Å². The number of benzene rings is 1. The Morgan fingerprint density at radius 1 is 1.33 bits per heavy atom. The van der Waals surface area contributed by atoms with Gasteiger partial charge in [-0.15, -0.1) is 11.6 Å². The number of carbonyl (C=O) groups is 1. The first-order valence-corrected chi connectivity index (χ1v) is 7.29. The van der Waals surface area contributed by atoms with Crippen molar-refractivity contribution in [3.63, 3.8) is 0 Å². The molecule has 21 heavy (non-hydrogen) atoms. The first kappa shape index (κ1) is 16.1. The molecule has 2 nitrogen and oxygen atoms in total. The second kappa shape index (κ2) is 6.26. The Kier molecular flexibility index (Phi) is 4.81. The SMILES string of the molecule is CC1CCN(C(=O)Cc2ccc(C(F)(F)F)cc2)CC1Cl. The van der Waals surface area contributed by atoms with E-state index in [1.807, 2.05) is 0 Å². The Bertz CT molecular complexity index is 501. The largest absolute Gasteiger partial charge is 0.416 e. The first-order chi connectivity index (χ1) is 9.77. The number of alkyl halides is 4. The third kappa shape index (κ3) is 4.13. The van der Waals surface area contributed by atoms with Gasteiger partial charge in [-0.2, -0.15) is 13.2 Å². The van der Waals surface area contributed by atoms with Gasteiger partial charge in [-0.25, -0.2) is 0 Å². The minimum Gasteiger partial charge on any atom is -0.341 e. The van der Waals surface area contributed by atoms with Crippen LogP contribution >= 0.6 is 11.6 Å². The van der Waals surface area contributed by atoms with E-state index >= 15 is 0 Å². The Hall–Kier alpha value is -1.23. The molecule has 0 N–H and O–H groups in total. The normalized spacial score (nSPS) is 23.2. The van der Waals surface area contributed by atoms with Crippen LogP contribution in [-0.4, -0.2) is 29.3 Å². The van der Waals surface area contributed by atoms with Crippen LogP contribution in [0, 0.1) is 5.92 Å². The van der Waals surface area contributed by atoms with Crippen LogP contribution in [-0.2, 0) is 17.4 Å². The molecule has 1 fully saturated rings. The highest BCUT2D eigenvalue weighted by Gasteiger charge is 2.30. The van der Waals surface area contributed by atoms with E-state index in [9.17, 15) is 18.0 Å². The van der Waals surface area contributed by atoms with Gasteiger partial charge < -0.3 is 4.90 Å². The summed E-state index contributed by atoms with van der Waals surface area (Å²) in [6, 6.07) is 4.72. The molecule has 0 radical (unpaired) electrons. The fourth-order valence-electron chi connectivity index (χ4n) is 2.35. The number of piperidine rings is 1. The number of nitrogens with zero attached hydrogens (tertiary/aromatic N) is 1. The van der Waals surface area contributed by atoms with Crippen LogP contribution in [0.5, 0.6) is 0 Å². The molecule has 0 saturated carbocycles. The van der Waals surface area contributed by atoms with E-state index in [0.29, 0.717) is 24.6 Å². The van der Waals surface area contributed by atoms with Crippen molar-refractivity contribution in [2.45, 2.75) is 31.3 Å². The van der Waals surface area contributed by atoms with Crippen molar-refractivity contribution in [2.75, 3.05) is 13.1 Å². The standard InChI is InChI=1S/C15H17ClF3NO/c1-10-6-7-20(9-13(10)16)14(21)8-11-2-4-12(5-3-11)15(17,18)19/h2-5,10,13H,6-9H2,1H3. The maximum atomic E-state index is 12.5. The number of likely N-dealkylation sites (tertiary alicyclic amines) is 1. The molecule has 2 atom stereocenters. The van der Waals surface area contributed by atoms with Crippen LogP contribution in [0.3, 0.4) is 0 Å². The van der Waals surface area contributed by atoms with Gasteiger partial charge in [0.2, 0.25) is 5.91 Å². The van der Waals surface area contributed by atoms with Gasteiger partial charge in [0.25, 0.3) is 0 Å². The summed E-state index contributed by atoms with van der Waals surface area (Å²) in [6.07, 6.45) is -3.39. The maximum Gasteiger partial charge on any atom is 0.416 e. The third-order valence-electron chi connectivity index (χ3n) is 3.86. The molecule has 1 amide bonds. The molecule has 116 valence electrons. The van der Waals surface area contributed by atoms with Crippen LogP contribution in [0.4, 0.5) is 13.2 Å². The summed E-state index contributed by atoms with van der Waals surface area (Å²) >= 11 is 6.16. The number of rotatable bonds is 2. The molecule has 0 aliphatic carbocycles. The summed E-state index contributed by atoms with van der Waals surface area (Å²) < 4.78 is 37.4. The lowest BCUT2D eigenvalue weighted by Crippen LogP contribution is -2.44. The second-order valence-corrected chi connectivity index (χ2v) is 6.05. The Balaban J connectivity index is 1.97.